The molecule has 30 heavy (non-hydrogen) atoms. The molecule has 0 unspecified atom stereocenters. The Bertz CT molecular complexity index is 722. The first kappa shape index (κ1) is 32.6. The summed E-state index contributed by atoms with van der Waals surface area (Å²) in [5.41, 5.74) is 2.48. The molecule has 0 atom stereocenters. The van der Waals surface area contributed by atoms with Crippen LogP contribution in [0.25, 0.3) is 0 Å². The average molecular weight is 438 g/mol. The van der Waals surface area contributed by atoms with E-state index >= 15 is 0 Å². The molecule has 172 valence electrons. The number of nitrogens with two attached hydrogens (primary N) is 1. The van der Waals surface area contributed by atoms with Gasteiger partial charge in [0.15, 0.2) is 0 Å². The quantitative estimate of drug-likeness (QED) is 0.524. The Morgan fingerprint density at radius 2 is 1.30 bits per heavy atom. The van der Waals surface area contributed by atoms with Crippen molar-refractivity contribution in [2.24, 2.45) is 5.14 Å². The van der Waals surface area contributed by atoms with Crippen molar-refractivity contribution in [3.63, 3.8) is 0 Å². The minimum Gasteiger partial charge on any atom is -0.497 e. The van der Waals surface area contributed by atoms with E-state index in [9.17, 15) is 8.42 Å². The van der Waals surface area contributed by atoms with Gasteiger partial charge < -0.3 is 4.74 Å². The smallest absolute Gasteiger partial charge is 0.238 e. The first-order chi connectivity index (χ1) is 14.3. The lowest BCUT2D eigenvalue weighted by Crippen LogP contribution is -2.11. The standard InChI is InChI=1S/C10H14O.C8H11NO2S.C3H6.2C2H6/c1-3-4-9-5-7-10(11-2)8-6-9;1-2-7-3-5-8(6-4-7)12(9,10)11;1-3-2;2*1-2/h5-8H,3-4H2,1-2H3;3-6H,2H2,1H3,(H2,9,10,11);3H,1H2,2H3;2*1-2H3. The fourth-order valence-corrected chi connectivity index (χ4v) is 2.51. The van der Waals surface area contributed by atoms with Gasteiger partial charge in [-0.1, -0.05) is 78.3 Å². The summed E-state index contributed by atoms with van der Waals surface area (Å²) >= 11 is 0. The zero-order valence-electron chi connectivity index (χ0n) is 20.2. The van der Waals surface area contributed by atoms with Gasteiger partial charge in [-0.15, -0.1) is 6.58 Å². The number of allylic oxidation sites excluding steroid dienone is 1. The van der Waals surface area contributed by atoms with Crippen LogP contribution in [0.1, 0.15) is 66.0 Å². The molecule has 0 aliphatic heterocycles. The number of hydrogen-bond acceptors (Lipinski definition) is 3. The monoisotopic (exact) mass is 437 g/mol. The SMILES string of the molecule is C=CC.CC.CC.CCCc1ccc(OC)cc1.CCc1ccc(S(N)(=O)=O)cc1. The number of sulfonamides is 1. The van der Waals surface area contributed by atoms with Crippen LogP contribution < -0.4 is 9.88 Å². The molecule has 0 fully saturated rings. The molecule has 0 aromatic heterocycles. The highest BCUT2D eigenvalue weighted by Crippen LogP contribution is 2.12. The van der Waals surface area contributed by atoms with E-state index in [1.807, 2.05) is 53.7 Å². The predicted octanol–water partition coefficient (Wildman–Crippen LogP) is 6.79. The fraction of sp³-hybridized carbons (Fsp3) is 0.440. The summed E-state index contributed by atoms with van der Waals surface area (Å²) in [5.74, 6) is 0.935. The number of methoxy groups -OCH3 is 1. The van der Waals surface area contributed by atoms with E-state index in [0.29, 0.717) is 0 Å². The van der Waals surface area contributed by atoms with E-state index in [1.165, 1.54) is 24.1 Å². The molecule has 4 nitrogen and oxygen atoms in total. The summed E-state index contributed by atoms with van der Waals surface area (Å²) in [6, 6.07) is 14.8. The van der Waals surface area contributed by atoms with E-state index in [0.717, 1.165) is 24.2 Å². The van der Waals surface area contributed by atoms with Gasteiger partial charge in [0.05, 0.1) is 12.0 Å². The molecule has 2 aromatic carbocycles. The van der Waals surface area contributed by atoms with Crippen molar-refractivity contribution in [1.82, 2.24) is 0 Å². The average Bonchev–Trinajstić information content (AvgIpc) is 2.78. The zero-order valence-corrected chi connectivity index (χ0v) is 21.1. The third-order valence-electron chi connectivity index (χ3n) is 3.36. The topological polar surface area (TPSA) is 69.4 Å². The summed E-state index contributed by atoms with van der Waals surface area (Å²) in [4.78, 5) is 0.166. The molecule has 0 amide bonds. The second-order valence-electron chi connectivity index (χ2n) is 5.55. The normalized spacial score (nSPS) is 8.97. The zero-order chi connectivity index (χ0) is 24.0. The van der Waals surface area contributed by atoms with Crippen LogP contribution in [-0.2, 0) is 22.9 Å². The summed E-state index contributed by atoms with van der Waals surface area (Å²) in [5, 5.41) is 4.92. The summed E-state index contributed by atoms with van der Waals surface area (Å²) in [6.07, 6.45) is 5.00. The molecule has 5 heteroatoms. The van der Waals surface area contributed by atoms with E-state index in [-0.39, 0.29) is 4.90 Å². The Kier molecular flexibility index (Phi) is 23.4. The number of primary sulfonamides is 1. The van der Waals surface area contributed by atoms with Crippen LogP contribution in [0.15, 0.2) is 66.1 Å². The van der Waals surface area contributed by atoms with Gasteiger partial charge in [0.2, 0.25) is 10.0 Å². The fourth-order valence-electron chi connectivity index (χ4n) is 2.00. The van der Waals surface area contributed by atoms with Crippen LogP contribution >= 0.6 is 0 Å². The lowest BCUT2D eigenvalue weighted by molar-refractivity contribution is 0.414. The van der Waals surface area contributed by atoms with Crippen LogP contribution in [0.3, 0.4) is 0 Å². The second kappa shape index (κ2) is 21.6. The van der Waals surface area contributed by atoms with Gasteiger partial charge in [-0.2, -0.15) is 0 Å². The van der Waals surface area contributed by atoms with Crippen LogP contribution in [0.5, 0.6) is 5.75 Å². The maximum absolute atomic E-state index is 10.8. The first-order valence-electron chi connectivity index (χ1n) is 10.6. The molecule has 0 aliphatic carbocycles. The third-order valence-corrected chi connectivity index (χ3v) is 4.29. The van der Waals surface area contributed by atoms with Crippen molar-refractivity contribution in [1.29, 1.82) is 0 Å². The van der Waals surface area contributed by atoms with Crippen LogP contribution in [-0.4, -0.2) is 15.5 Å². The van der Waals surface area contributed by atoms with Crippen LogP contribution in [0.4, 0.5) is 0 Å². The largest absolute Gasteiger partial charge is 0.497 e. The lowest BCUT2D eigenvalue weighted by Gasteiger charge is -2.00. The Balaban J connectivity index is -0.000000376. The number of aryl methyl sites for hydroxylation is 2. The molecule has 0 saturated heterocycles. The maximum Gasteiger partial charge on any atom is 0.238 e. The lowest BCUT2D eigenvalue weighted by atomic mass is 10.1. The summed E-state index contributed by atoms with van der Waals surface area (Å²) in [6.45, 7) is 17.4. The first-order valence-corrected chi connectivity index (χ1v) is 12.2. The molecule has 2 N–H and O–H groups in total. The highest BCUT2D eigenvalue weighted by molar-refractivity contribution is 7.89. The minimum atomic E-state index is -3.53. The van der Waals surface area contributed by atoms with Gasteiger partial charge in [0.1, 0.15) is 5.75 Å². The Hall–Kier alpha value is -2.11. The van der Waals surface area contributed by atoms with Gasteiger partial charge in [-0.05, 0) is 55.2 Å². The molecule has 2 aromatic rings. The molecule has 0 radical (unpaired) electrons. The summed E-state index contributed by atoms with van der Waals surface area (Å²) < 4.78 is 26.7. The molecular formula is C25H43NO3S. The van der Waals surface area contributed by atoms with Gasteiger partial charge in [0, 0.05) is 0 Å². The number of benzene rings is 2. The van der Waals surface area contributed by atoms with Crippen LogP contribution in [0, 0.1) is 0 Å². The van der Waals surface area contributed by atoms with E-state index in [4.69, 9.17) is 9.88 Å². The maximum atomic E-state index is 10.8. The van der Waals surface area contributed by atoms with Crippen molar-refractivity contribution in [2.75, 3.05) is 7.11 Å². The molecule has 2 rings (SSSR count). The minimum absolute atomic E-state index is 0.166. The number of hydrogen-bond donors (Lipinski definition) is 1. The van der Waals surface area contributed by atoms with E-state index in [1.54, 1.807) is 25.3 Å². The van der Waals surface area contributed by atoms with Crippen molar-refractivity contribution < 1.29 is 13.2 Å². The molecule has 0 spiro atoms. The van der Waals surface area contributed by atoms with Crippen molar-refractivity contribution >= 4 is 10.0 Å². The highest BCUT2D eigenvalue weighted by Gasteiger charge is 2.05. The Labute approximate surface area is 186 Å². The molecule has 0 bridgehead atoms. The van der Waals surface area contributed by atoms with Crippen molar-refractivity contribution in [2.45, 2.75) is 72.6 Å². The second-order valence-corrected chi connectivity index (χ2v) is 7.11. The molecule has 0 aliphatic rings. The van der Waals surface area contributed by atoms with E-state index in [2.05, 4.69) is 25.6 Å². The Morgan fingerprint density at radius 3 is 1.60 bits per heavy atom. The molecule has 0 heterocycles. The third kappa shape index (κ3) is 16.8. The summed E-state index contributed by atoms with van der Waals surface area (Å²) in [7, 11) is -1.84. The van der Waals surface area contributed by atoms with E-state index < -0.39 is 10.0 Å². The van der Waals surface area contributed by atoms with Gasteiger partial charge in [-0.3, -0.25) is 0 Å². The molecular weight excluding hydrogens is 394 g/mol. The van der Waals surface area contributed by atoms with Gasteiger partial charge in [0.25, 0.3) is 0 Å². The predicted molar refractivity (Wildman–Crippen MR) is 133 cm³/mol. The molecule has 0 saturated carbocycles. The highest BCUT2D eigenvalue weighted by atomic mass is 32.2. The Morgan fingerprint density at radius 1 is 0.900 bits per heavy atom. The van der Waals surface area contributed by atoms with Gasteiger partial charge in [-0.25, -0.2) is 13.6 Å². The number of ether oxygens (including phenoxy) is 1. The van der Waals surface area contributed by atoms with Gasteiger partial charge >= 0.3 is 0 Å². The van der Waals surface area contributed by atoms with Crippen molar-refractivity contribution in [3.8, 4) is 5.75 Å². The van der Waals surface area contributed by atoms with Crippen LogP contribution in [0.2, 0.25) is 0 Å². The van der Waals surface area contributed by atoms with Crippen molar-refractivity contribution in [3.05, 3.63) is 72.3 Å². The number of rotatable bonds is 5.